The van der Waals surface area contributed by atoms with Crippen LogP contribution in [0.15, 0.2) is 12.1 Å². The van der Waals surface area contributed by atoms with E-state index in [2.05, 4.69) is 24.5 Å². The SMILES string of the molecule is CCc1nc(C)ccc1OCC1(CS)CCOCC1. The minimum atomic E-state index is 0.150. The van der Waals surface area contributed by atoms with Gasteiger partial charge in [0.25, 0.3) is 0 Å². The Morgan fingerprint density at radius 1 is 1.37 bits per heavy atom. The van der Waals surface area contributed by atoms with Crippen LogP contribution in [0.25, 0.3) is 0 Å². The summed E-state index contributed by atoms with van der Waals surface area (Å²) in [6, 6.07) is 4.04. The van der Waals surface area contributed by atoms with E-state index < -0.39 is 0 Å². The summed E-state index contributed by atoms with van der Waals surface area (Å²) in [4.78, 5) is 4.54. The number of rotatable bonds is 5. The normalized spacial score (nSPS) is 18.3. The van der Waals surface area contributed by atoms with Crippen LogP contribution < -0.4 is 4.74 Å². The van der Waals surface area contributed by atoms with Crippen molar-refractivity contribution < 1.29 is 9.47 Å². The summed E-state index contributed by atoms with van der Waals surface area (Å²) in [5.74, 6) is 1.76. The first kappa shape index (κ1) is 14.7. The molecule has 2 heterocycles. The predicted octanol–water partition coefficient (Wildman–Crippen LogP) is 3.06. The van der Waals surface area contributed by atoms with Crippen LogP contribution >= 0.6 is 12.6 Å². The number of hydrogen-bond donors (Lipinski definition) is 1. The lowest BCUT2D eigenvalue weighted by molar-refractivity contribution is 0.00287. The molecule has 3 nitrogen and oxygen atoms in total. The molecule has 0 aliphatic carbocycles. The lowest BCUT2D eigenvalue weighted by atomic mass is 9.83. The minimum Gasteiger partial charge on any atom is -0.491 e. The van der Waals surface area contributed by atoms with Crippen LogP contribution in [-0.2, 0) is 11.2 Å². The van der Waals surface area contributed by atoms with E-state index in [-0.39, 0.29) is 5.41 Å². The third kappa shape index (κ3) is 3.63. The molecule has 1 fully saturated rings. The van der Waals surface area contributed by atoms with Crippen LogP contribution in [-0.4, -0.2) is 30.6 Å². The zero-order valence-corrected chi connectivity index (χ0v) is 12.7. The van der Waals surface area contributed by atoms with Crippen molar-refractivity contribution in [2.24, 2.45) is 5.41 Å². The van der Waals surface area contributed by atoms with Crippen molar-refractivity contribution in [3.63, 3.8) is 0 Å². The maximum Gasteiger partial charge on any atom is 0.140 e. The molecular formula is C15H23NO2S. The lowest BCUT2D eigenvalue weighted by Gasteiger charge is -2.35. The first-order valence-corrected chi connectivity index (χ1v) is 7.60. The second kappa shape index (κ2) is 6.62. The van der Waals surface area contributed by atoms with Crippen molar-refractivity contribution >= 4 is 12.6 Å². The lowest BCUT2D eigenvalue weighted by Crippen LogP contribution is -2.37. The van der Waals surface area contributed by atoms with Crippen LogP contribution in [0.1, 0.15) is 31.2 Å². The van der Waals surface area contributed by atoms with Crippen LogP contribution in [0, 0.1) is 12.3 Å². The molecule has 2 rings (SSSR count). The van der Waals surface area contributed by atoms with Gasteiger partial charge in [0.2, 0.25) is 0 Å². The van der Waals surface area contributed by atoms with Gasteiger partial charge >= 0.3 is 0 Å². The van der Waals surface area contributed by atoms with Crippen molar-refractivity contribution in [3.8, 4) is 5.75 Å². The summed E-state index contributed by atoms with van der Waals surface area (Å²) in [5.41, 5.74) is 2.23. The number of pyridine rings is 1. The number of hydrogen-bond acceptors (Lipinski definition) is 4. The van der Waals surface area contributed by atoms with Crippen molar-refractivity contribution in [1.82, 2.24) is 4.98 Å². The number of ether oxygens (including phenoxy) is 2. The monoisotopic (exact) mass is 281 g/mol. The van der Waals surface area contributed by atoms with E-state index in [0.717, 1.165) is 55.4 Å². The Bertz CT molecular complexity index is 417. The van der Waals surface area contributed by atoms with Gasteiger partial charge < -0.3 is 9.47 Å². The number of nitrogens with zero attached hydrogens (tertiary/aromatic N) is 1. The molecule has 1 aromatic heterocycles. The Balaban J connectivity index is 2.04. The van der Waals surface area contributed by atoms with E-state index in [1.165, 1.54) is 0 Å². The fourth-order valence-electron chi connectivity index (χ4n) is 2.37. The first-order chi connectivity index (χ1) is 9.19. The Kier molecular flexibility index (Phi) is 5.11. The molecule has 0 spiro atoms. The zero-order chi connectivity index (χ0) is 13.7. The standard InChI is InChI=1S/C15H23NO2S/c1-3-13-14(5-4-12(2)16-13)18-10-15(11-19)6-8-17-9-7-15/h4-5,19H,3,6-11H2,1-2H3. The third-order valence-electron chi connectivity index (χ3n) is 3.83. The van der Waals surface area contributed by atoms with Gasteiger partial charge in [-0.2, -0.15) is 12.6 Å². The molecule has 0 bridgehead atoms. The number of aromatic nitrogens is 1. The van der Waals surface area contributed by atoms with Gasteiger partial charge in [-0.15, -0.1) is 0 Å². The van der Waals surface area contributed by atoms with E-state index in [0.29, 0.717) is 6.61 Å². The van der Waals surface area contributed by atoms with E-state index in [9.17, 15) is 0 Å². The summed E-state index contributed by atoms with van der Waals surface area (Å²) in [5, 5.41) is 0. The molecule has 0 unspecified atom stereocenters. The summed E-state index contributed by atoms with van der Waals surface area (Å²) >= 11 is 4.51. The average Bonchev–Trinajstić information content (AvgIpc) is 2.47. The summed E-state index contributed by atoms with van der Waals surface area (Å²) in [6.45, 7) is 6.46. The van der Waals surface area contributed by atoms with Crippen LogP contribution in [0.3, 0.4) is 0 Å². The Labute approximate surface area is 121 Å². The van der Waals surface area contributed by atoms with Crippen LogP contribution in [0.2, 0.25) is 0 Å². The number of thiol groups is 1. The molecule has 0 aromatic carbocycles. The largest absolute Gasteiger partial charge is 0.491 e. The molecule has 0 radical (unpaired) electrons. The van der Waals surface area contributed by atoms with Crippen LogP contribution in [0.5, 0.6) is 5.75 Å². The summed E-state index contributed by atoms with van der Waals surface area (Å²) in [7, 11) is 0. The molecule has 1 aliphatic heterocycles. The molecule has 0 amide bonds. The van der Waals surface area contributed by atoms with Gasteiger partial charge in [-0.1, -0.05) is 6.92 Å². The van der Waals surface area contributed by atoms with Crippen molar-refractivity contribution in [2.45, 2.75) is 33.1 Å². The number of aryl methyl sites for hydroxylation is 2. The molecule has 106 valence electrons. The Morgan fingerprint density at radius 3 is 2.74 bits per heavy atom. The van der Waals surface area contributed by atoms with Gasteiger partial charge in [0.05, 0.1) is 12.3 Å². The maximum atomic E-state index is 6.05. The Hall–Kier alpha value is -0.740. The van der Waals surface area contributed by atoms with Gasteiger partial charge in [0.1, 0.15) is 5.75 Å². The quantitative estimate of drug-likeness (QED) is 0.842. The van der Waals surface area contributed by atoms with Gasteiger partial charge in [-0.3, -0.25) is 4.98 Å². The van der Waals surface area contributed by atoms with Crippen LogP contribution in [0.4, 0.5) is 0 Å². The van der Waals surface area contributed by atoms with E-state index in [1.54, 1.807) is 0 Å². The van der Waals surface area contributed by atoms with Crippen molar-refractivity contribution in [2.75, 3.05) is 25.6 Å². The first-order valence-electron chi connectivity index (χ1n) is 6.97. The predicted molar refractivity (Wildman–Crippen MR) is 80.2 cm³/mol. The average molecular weight is 281 g/mol. The van der Waals surface area contributed by atoms with Gasteiger partial charge in [0, 0.05) is 24.3 Å². The molecular weight excluding hydrogens is 258 g/mol. The van der Waals surface area contributed by atoms with Crippen molar-refractivity contribution in [1.29, 1.82) is 0 Å². The summed E-state index contributed by atoms with van der Waals surface area (Å²) in [6.07, 6.45) is 2.95. The second-order valence-electron chi connectivity index (χ2n) is 5.31. The molecule has 19 heavy (non-hydrogen) atoms. The third-order valence-corrected chi connectivity index (χ3v) is 4.50. The minimum absolute atomic E-state index is 0.150. The van der Waals surface area contributed by atoms with Gasteiger partial charge in [-0.05, 0) is 44.1 Å². The molecule has 4 heteroatoms. The fraction of sp³-hybridized carbons (Fsp3) is 0.667. The highest BCUT2D eigenvalue weighted by Gasteiger charge is 2.32. The van der Waals surface area contributed by atoms with Gasteiger partial charge in [-0.25, -0.2) is 0 Å². The molecule has 0 atom stereocenters. The fourth-order valence-corrected chi connectivity index (χ4v) is 2.77. The second-order valence-corrected chi connectivity index (χ2v) is 5.63. The van der Waals surface area contributed by atoms with E-state index >= 15 is 0 Å². The highest BCUT2D eigenvalue weighted by molar-refractivity contribution is 7.80. The molecule has 1 aromatic rings. The van der Waals surface area contributed by atoms with Crippen molar-refractivity contribution in [3.05, 3.63) is 23.5 Å². The Morgan fingerprint density at radius 2 is 2.11 bits per heavy atom. The molecule has 1 saturated heterocycles. The topological polar surface area (TPSA) is 31.4 Å². The highest BCUT2D eigenvalue weighted by atomic mass is 32.1. The zero-order valence-electron chi connectivity index (χ0n) is 11.8. The summed E-state index contributed by atoms with van der Waals surface area (Å²) < 4.78 is 11.5. The van der Waals surface area contributed by atoms with E-state index in [4.69, 9.17) is 9.47 Å². The van der Waals surface area contributed by atoms with Gasteiger partial charge in [0.15, 0.2) is 0 Å². The molecule has 1 aliphatic rings. The van der Waals surface area contributed by atoms with E-state index in [1.807, 2.05) is 19.1 Å². The smallest absolute Gasteiger partial charge is 0.140 e. The highest BCUT2D eigenvalue weighted by Crippen LogP contribution is 2.33. The maximum absolute atomic E-state index is 6.05. The molecule has 0 N–H and O–H groups in total. The molecule has 0 saturated carbocycles.